The first-order valence-corrected chi connectivity index (χ1v) is 6.09. The average molecular weight is 330 g/mol. The molecule has 0 aliphatic heterocycles. The van der Waals surface area contributed by atoms with E-state index in [1.165, 1.54) is 3.57 Å². The van der Waals surface area contributed by atoms with Crippen LogP contribution in [0.3, 0.4) is 0 Å². The number of halogens is 1. The number of aromatic amines is 1. The molecule has 0 aliphatic rings. The summed E-state index contributed by atoms with van der Waals surface area (Å²) in [4.78, 5) is 3.21. The molecule has 0 fully saturated rings. The second-order valence-electron chi connectivity index (χ2n) is 3.63. The Balaban J connectivity index is 2.68. The van der Waals surface area contributed by atoms with Crippen LogP contribution in [-0.4, -0.2) is 9.55 Å². The average Bonchev–Trinajstić information content (AvgIpc) is 2.41. The quantitative estimate of drug-likeness (QED) is 0.503. The molecule has 0 amide bonds. The minimum atomic E-state index is 0.759. The van der Waals surface area contributed by atoms with E-state index in [4.69, 9.17) is 12.2 Å². The molecule has 2 aromatic rings. The molecule has 1 aromatic carbocycles. The normalized spacial score (nSPS) is 10.8. The highest BCUT2D eigenvalue weighted by Crippen LogP contribution is 2.18. The maximum atomic E-state index is 5.28. The highest BCUT2D eigenvalue weighted by molar-refractivity contribution is 14.1. The number of nitrogens with one attached hydrogen (secondary N) is 1. The summed E-state index contributed by atoms with van der Waals surface area (Å²) in [6, 6.07) is 6.27. The molecule has 0 saturated carbocycles. The lowest BCUT2D eigenvalue weighted by atomic mass is 10.3. The first kappa shape index (κ1) is 10.9. The van der Waals surface area contributed by atoms with Crippen LogP contribution >= 0.6 is 34.8 Å². The van der Waals surface area contributed by atoms with Crippen LogP contribution in [-0.2, 0) is 6.54 Å². The van der Waals surface area contributed by atoms with Gasteiger partial charge in [-0.05, 0) is 59.9 Å². The first-order chi connectivity index (χ1) is 7.08. The van der Waals surface area contributed by atoms with Gasteiger partial charge in [-0.3, -0.25) is 0 Å². The van der Waals surface area contributed by atoms with Crippen molar-refractivity contribution in [1.29, 1.82) is 0 Å². The van der Waals surface area contributed by atoms with Crippen molar-refractivity contribution in [2.24, 2.45) is 0 Å². The molecule has 15 heavy (non-hydrogen) atoms. The molecule has 2 nitrogen and oxygen atoms in total. The third-order valence-electron chi connectivity index (χ3n) is 2.16. The number of imidazole rings is 1. The van der Waals surface area contributed by atoms with Crippen LogP contribution in [0.2, 0.25) is 0 Å². The number of hydrogen-bond donors (Lipinski definition) is 1. The van der Waals surface area contributed by atoms with Gasteiger partial charge in [-0.25, -0.2) is 0 Å². The predicted octanol–water partition coefficient (Wildman–Crippen LogP) is 3.88. The predicted molar refractivity (Wildman–Crippen MR) is 74.7 cm³/mol. The van der Waals surface area contributed by atoms with E-state index in [1.54, 1.807) is 0 Å². The molecular formula is C11H11IN2S. The molecule has 0 unspecified atom stereocenters. The number of H-pyrrole nitrogens is 1. The third-order valence-corrected chi connectivity index (χ3v) is 3.16. The number of nitrogens with zero attached hydrogens (tertiary/aromatic N) is 1. The minimum absolute atomic E-state index is 0.759. The van der Waals surface area contributed by atoms with E-state index in [9.17, 15) is 0 Å². The molecule has 0 atom stereocenters. The zero-order valence-corrected chi connectivity index (χ0v) is 11.4. The summed E-state index contributed by atoms with van der Waals surface area (Å²) < 4.78 is 4.04. The molecule has 1 heterocycles. The van der Waals surface area contributed by atoms with Crippen molar-refractivity contribution in [2.45, 2.75) is 13.5 Å². The lowest BCUT2D eigenvalue weighted by Gasteiger charge is -2.03. The Labute approximate surface area is 107 Å². The minimum Gasteiger partial charge on any atom is -0.331 e. The Morgan fingerprint density at radius 2 is 2.33 bits per heavy atom. The fourth-order valence-electron chi connectivity index (χ4n) is 1.56. The Hall–Kier alpha value is -0.620. The maximum Gasteiger partial charge on any atom is 0.178 e. The van der Waals surface area contributed by atoms with E-state index >= 15 is 0 Å². The fourth-order valence-corrected chi connectivity index (χ4v) is 2.33. The lowest BCUT2D eigenvalue weighted by Crippen LogP contribution is -1.97. The molecule has 0 aliphatic carbocycles. The molecule has 4 heteroatoms. The van der Waals surface area contributed by atoms with Crippen LogP contribution < -0.4 is 0 Å². The van der Waals surface area contributed by atoms with Gasteiger partial charge in [-0.2, -0.15) is 0 Å². The van der Waals surface area contributed by atoms with Gasteiger partial charge >= 0.3 is 0 Å². The topological polar surface area (TPSA) is 20.7 Å². The highest BCUT2D eigenvalue weighted by Gasteiger charge is 2.04. The van der Waals surface area contributed by atoms with Crippen molar-refractivity contribution in [1.82, 2.24) is 9.55 Å². The van der Waals surface area contributed by atoms with Crippen molar-refractivity contribution in [3.05, 3.63) is 38.7 Å². The summed E-state index contributed by atoms with van der Waals surface area (Å²) in [5.41, 5.74) is 3.34. The number of benzene rings is 1. The van der Waals surface area contributed by atoms with E-state index < -0.39 is 0 Å². The zero-order valence-electron chi connectivity index (χ0n) is 8.38. The van der Waals surface area contributed by atoms with Crippen molar-refractivity contribution < 1.29 is 0 Å². The summed E-state index contributed by atoms with van der Waals surface area (Å²) in [5, 5.41) is 0. The Morgan fingerprint density at radius 1 is 1.60 bits per heavy atom. The van der Waals surface area contributed by atoms with Crippen LogP contribution in [0.1, 0.15) is 6.92 Å². The van der Waals surface area contributed by atoms with Crippen LogP contribution in [0.15, 0.2) is 30.4 Å². The van der Waals surface area contributed by atoms with E-state index in [2.05, 4.69) is 56.9 Å². The summed E-state index contributed by atoms with van der Waals surface area (Å²) in [6.07, 6.45) is 0. The van der Waals surface area contributed by atoms with Gasteiger partial charge in [0.2, 0.25) is 0 Å². The molecule has 78 valence electrons. The van der Waals surface area contributed by atoms with Gasteiger partial charge in [0.05, 0.1) is 11.0 Å². The number of rotatable bonds is 2. The Bertz CT molecular complexity index is 580. The summed E-state index contributed by atoms with van der Waals surface area (Å²) >= 11 is 7.57. The molecule has 0 radical (unpaired) electrons. The van der Waals surface area contributed by atoms with E-state index in [0.29, 0.717) is 0 Å². The van der Waals surface area contributed by atoms with Gasteiger partial charge in [0.15, 0.2) is 4.77 Å². The zero-order chi connectivity index (χ0) is 11.0. The van der Waals surface area contributed by atoms with Crippen LogP contribution in [0, 0.1) is 8.34 Å². The van der Waals surface area contributed by atoms with Gasteiger partial charge in [-0.15, -0.1) is 0 Å². The second-order valence-corrected chi connectivity index (χ2v) is 5.27. The van der Waals surface area contributed by atoms with E-state index in [0.717, 1.165) is 27.9 Å². The molecule has 0 spiro atoms. The largest absolute Gasteiger partial charge is 0.331 e. The molecule has 2 rings (SSSR count). The van der Waals surface area contributed by atoms with E-state index in [-0.39, 0.29) is 0 Å². The summed E-state index contributed by atoms with van der Waals surface area (Å²) in [7, 11) is 0. The molecule has 1 aromatic heterocycles. The number of allylic oxidation sites excluding steroid dienone is 1. The Kier molecular flexibility index (Phi) is 2.97. The van der Waals surface area contributed by atoms with Gasteiger partial charge in [0.25, 0.3) is 0 Å². The maximum absolute atomic E-state index is 5.28. The number of fused-ring (bicyclic) bond motifs is 1. The molecule has 1 N–H and O–H groups in total. The van der Waals surface area contributed by atoms with Gasteiger partial charge in [-0.1, -0.05) is 12.2 Å². The standard InChI is InChI=1S/C11H11IN2S/c1-7(2)6-14-10-4-3-8(12)5-9(10)13-11(14)15/h3-5H,1,6H2,2H3,(H,13,15). The monoisotopic (exact) mass is 330 g/mol. The van der Waals surface area contributed by atoms with Crippen molar-refractivity contribution in [2.75, 3.05) is 0 Å². The van der Waals surface area contributed by atoms with Crippen molar-refractivity contribution in [3.63, 3.8) is 0 Å². The van der Waals surface area contributed by atoms with Crippen molar-refractivity contribution >= 4 is 45.8 Å². The first-order valence-electron chi connectivity index (χ1n) is 4.60. The molecular weight excluding hydrogens is 319 g/mol. The second kappa shape index (κ2) is 4.09. The number of aromatic nitrogens is 2. The molecule has 0 saturated heterocycles. The number of hydrogen-bond acceptors (Lipinski definition) is 1. The van der Waals surface area contributed by atoms with Crippen LogP contribution in [0.5, 0.6) is 0 Å². The van der Waals surface area contributed by atoms with Crippen LogP contribution in [0.4, 0.5) is 0 Å². The third kappa shape index (κ3) is 2.15. The van der Waals surface area contributed by atoms with Gasteiger partial charge in [0, 0.05) is 10.1 Å². The van der Waals surface area contributed by atoms with Gasteiger partial charge in [0.1, 0.15) is 0 Å². The van der Waals surface area contributed by atoms with Gasteiger partial charge < -0.3 is 9.55 Å². The van der Waals surface area contributed by atoms with Crippen LogP contribution in [0.25, 0.3) is 11.0 Å². The smallest absolute Gasteiger partial charge is 0.178 e. The lowest BCUT2D eigenvalue weighted by molar-refractivity contribution is 0.798. The van der Waals surface area contributed by atoms with E-state index in [1.807, 2.05) is 6.92 Å². The summed E-state index contributed by atoms with van der Waals surface area (Å²) in [6.45, 7) is 6.70. The highest BCUT2D eigenvalue weighted by atomic mass is 127. The summed E-state index contributed by atoms with van der Waals surface area (Å²) in [5.74, 6) is 0. The van der Waals surface area contributed by atoms with Crippen molar-refractivity contribution in [3.8, 4) is 0 Å². The Morgan fingerprint density at radius 3 is 3.00 bits per heavy atom. The molecule has 0 bridgehead atoms. The fraction of sp³-hybridized carbons (Fsp3) is 0.182. The SMILES string of the molecule is C=C(C)Cn1c(=S)[nH]c2cc(I)ccc21.